The molecule has 28 heavy (non-hydrogen) atoms. The average molecular weight is 375 g/mol. The molecule has 5 rings (SSSR count). The number of tetrazole rings is 1. The Balaban J connectivity index is 1.73. The molecule has 1 aromatic heterocycles. The Labute approximate surface area is 160 Å². The van der Waals surface area contributed by atoms with Gasteiger partial charge in [0.2, 0.25) is 5.75 Å². The van der Waals surface area contributed by atoms with Crippen LogP contribution in [0.2, 0.25) is 0 Å². The van der Waals surface area contributed by atoms with E-state index in [1.54, 1.807) is 6.07 Å². The van der Waals surface area contributed by atoms with Crippen LogP contribution in [0.1, 0.15) is 41.3 Å². The van der Waals surface area contributed by atoms with Crippen molar-refractivity contribution in [1.82, 2.24) is 20.6 Å². The molecule has 0 spiro atoms. The second-order valence-electron chi connectivity index (χ2n) is 7.12. The van der Waals surface area contributed by atoms with Gasteiger partial charge in [0, 0.05) is 17.5 Å². The molecular weight excluding hydrogens is 358 g/mol. The van der Waals surface area contributed by atoms with Crippen LogP contribution >= 0.6 is 0 Å². The summed E-state index contributed by atoms with van der Waals surface area (Å²) in [6.07, 6.45) is 5.61. The topological polar surface area (TPSA) is 107 Å². The standard InChI is InChI=1S/C20H17N5O3/c26-25(27)17-12-14(20(8-9-20)19-21-23-24-22-19)11-16-15(7-4-10-28-18(16)17)13-5-2-1-3-6-13/h1-7,11-12,15H,8-10H2,(H,21,22,23,24). The van der Waals surface area contributed by atoms with Gasteiger partial charge in [-0.05, 0) is 30.0 Å². The largest absolute Gasteiger partial charge is 0.482 e. The fourth-order valence-electron chi connectivity index (χ4n) is 3.94. The van der Waals surface area contributed by atoms with E-state index in [1.165, 1.54) is 0 Å². The molecule has 1 N–H and O–H groups in total. The number of rotatable bonds is 4. The molecule has 2 aromatic carbocycles. The number of nitro benzene ring substituents is 1. The second kappa shape index (κ2) is 6.26. The first-order valence-corrected chi connectivity index (χ1v) is 9.10. The van der Waals surface area contributed by atoms with E-state index < -0.39 is 5.41 Å². The summed E-state index contributed by atoms with van der Waals surface area (Å²) >= 11 is 0. The molecular formula is C20H17N5O3. The lowest BCUT2D eigenvalue weighted by Gasteiger charge is -2.19. The fourth-order valence-corrected chi connectivity index (χ4v) is 3.94. The number of aromatic amines is 1. The smallest absolute Gasteiger partial charge is 0.311 e. The molecule has 0 saturated heterocycles. The number of aromatic nitrogens is 4. The Morgan fingerprint density at radius 2 is 2.04 bits per heavy atom. The van der Waals surface area contributed by atoms with E-state index in [1.807, 2.05) is 48.6 Å². The third kappa shape index (κ3) is 2.57. The number of nitro groups is 1. The van der Waals surface area contributed by atoms with Crippen LogP contribution in [0.3, 0.4) is 0 Å². The van der Waals surface area contributed by atoms with Crippen molar-refractivity contribution < 1.29 is 9.66 Å². The summed E-state index contributed by atoms with van der Waals surface area (Å²) in [6.45, 7) is 0.298. The van der Waals surface area contributed by atoms with E-state index in [9.17, 15) is 10.1 Å². The number of hydrogen-bond acceptors (Lipinski definition) is 6. The van der Waals surface area contributed by atoms with Crippen molar-refractivity contribution in [3.05, 3.63) is 87.2 Å². The molecule has 140 valence electrons. The van der Waals surface area contributed by atoms with Crippen LogP contribution in [-0.2, 0) is 5.41 Å². The highest BCUT2D eigenvalue weighted by molar-refractivity contribution is 5.61. The van der Waals surface area contributed by atoms with Gasteiger partial charge in [-0.3, -0.25) is 10.1 Å². The van der Waals surface area contributed by atoms with E-state index in [0.29, 0.717) is 18.2 Å². The Morgan fingerprint density at radius 3 is 2.71 bits per heavy atom. The predicted octanol–water partition coefficient (Wildman–Crippen LogP) is 3.27. The lowest BCUT2D eigenvalue weighted by atomic mass is 9.85. The maximum atomic E-state index is 11.9. The van der Waals surface area contributed by atoms with Gasteiger partial charge in [-0.2, -0.15) is 5.21 Å². The van der Waals surface area contributed by atoms with E-state index in [2.05, 4.69) is 20.6 Å². The summed E-state index contributed by atoms with van der Waals surface area (Å²) in [5.74, 6) is 0.776. The number of nitrogens with zero attached hydrogens (tertiary/aromatic N) is 4. The quantitative estimate of drug-likeness (QED) is 0.426. The van der Waals surface area contributed by atoms with E-state index in [0.717, 1.165) is 29.5 Å². The van der Waals surface area contributed by atoms with Gasteiger partial charge in [0.1, 0.15) is 6.61 Å². The highest BCUT2D eigenvalue weighted by Crippen LogP contribution is 2.54. The van der Waals surface area contributed by atoms with Crippen LogP contribution in [0, 0.1) is 10.1 Å². The van der Waals surface area contributed by atoms with Crippen molar-refractivity contribution in [2.45, 2.75) is 24.2 Å². The Bertz CT molecular complexity index is 1060. The van der Waals surface area contributed by atoms with Crippen molar-refractivity contribution in [3.8, 4) is 5.75 Å². The predicted molar refractivity (Wildman–Crippen MR) is 100 cm³/mol. The van der Waals surface area contributed by atoms with Gasteiger partial charge in [0.25, 0.3) is 0 Å². The first-order valence-electron chi connectivity index (χ1n) is 9.10. The van der Waals surface area contributed by atoms with Gasteiger partial charge >= 0.3 is 5.69 Å². The SMILES string of the molecule is O=[N+]([O-])c1cc(C2(c3nn[nH]n3)CC2)cc2c1OCC=CC2c1ccccc1. The number of allylic oxidation sites excluding steroid dienone is 1. The first kappa shape index (κ1) is 16.6. The molecule has 8 heteroatoms. The normalized spacial score (nSPS) is 19.4. The number of H-pyrrole nitrogens is 1. The molecule has 1 atom stereocenters. The average Bonchev–Trinajstić information content (AvgIpc) is 3.40. The molecule has 8 nitrogen and oxygen atoms in total. The van der Waals surface area contributed by atoms with Crippen LogP contribution in [0.15, 0.2) is 54.6 Å². The van der Waals surface area contributed by atoms with Gasteiger partial charge in [-0.1, -0.05) is 47.7 Å². The van der Waals surface area contributed by atoms with E-state index in [-0.39, 0.29) is 16.5 Å². The van der Waals surface area contributed by atoms with Gasteiger partial charge in [0.05, 0.1) is 10.3 Å². The number of benzene rings is 2. The molecule has 1 fully saturated rings. The van der Waals surface area contributed by atoms with Gasteiger partial charge in [-0.15, -0.1) is 10.2 Å². The minimum atomic E-state index is -0.427. The third-order valence-corrected chi connectivity index (χ3v) is 5.52. The maximum absolute atomic E-state index is 11.9. The molecule has 0 radical (unpaired) electrons. The van der Waals surface area contributed by atoms with Crippen LogP contribution in [-0.4, -0.2) is 32.2 Å². The lowest BCUT2D eigenvalue weighted by molar-refractivity contribution is -0.386. The Morgan fingerprint density at radius 1 is 1.21 bits per heavy atom. The number of fused-ring (bicyclic) bond motifs is 1. The molecule has 1 unspecified atom stereocenters. The summed E-state index contributed by atoms with van der Waals surface area (Å²) in [7, 11) is 0. The fraction of sp³-hybridized carbons (Fsp3) is 0.250. The van der Waals surface area contributed by atoms with Crippen molar-refractivity contribution in [1.29, 1.82) is 0 Å². The third-order valence-electron chi connectivity index (χ3n) is 5.52. The molecule has 1 saturated carbocycles. The summed E-state index contributed by atoms with van der Waals surface area (Å²) < 4.78 is 5.79. The maximum Gasteiger partial charge on any atom is 0.311 e. The molecule has 1 aliphatic heterocycles. The summed E-state index contributed by atoms with van der Waals surface area (Å²) in [6, 6.07) is 13.6. The van der Waals surface area contributed by atoms with E-state index >= 15 is 0 Å². The minimum absolute atomic E-state index is 0.0214. The van der Waals surface area contributed by atoms with Gasteiger partial charge in [0.15, 0.2) is 5.82 Å². The van der Waals surface area contributed by atoms with Crippen LogP contribution in [0.5, 0.6) is 5.75 Å². The Kier molecular flexibility index (Phi) is 3.71. The second-order valence-corrected chi connectivity index (χ2v) is 7.12. The van der Waals surface area contributed by atoms with Crippen LogP contribution in [0.25, 0.3) is 0 Å². The summed E-state index contributed by atoms with van der Waals surface area (Å²) in [4.78, 5) is 11.5. The zero-order chi connectivity index (χ0) is 19.1. The van der Waals surface area contributed by atoms with Gasteiger partial charge < -0.3 is 4.74 Å². The number of nitrogens with one attached hydrogen (secondary N) is 1. The summed E-state index contributed by atoms with van der Waals surface area (Å²) in [5.41, 5.74) is 2.23. The molecule has 2 heterocycles. The number of ether oxygens (including phenoxy) is 1. The molecule has 1 aliphatic carbocycles. The minimum Gasteiger partial charge on any atom is -0.482 e. The molecule has 0 amide bonds. The van der Waals surface area contributed by atoms with Crippen molar-refractivity contribution >= 4 is 5.69 Å². The zero-order valence-electron chi connectivity index (χ0n) is 14.9. The number of hydrogen-bond donors (Lipinski definition) is 1. The summed E-state index contributed by atoms with van der Waals surface area (Å²) in [5, 5.41) is 26.3. The van der Waals surface area contributed by atoms with E-state index in [4.69, 9.17) is 4.74 Å². The highest BCUT2D eigenvalue weighted by Gasteiger charge is 2.51. The lowest BCUT2D eigenvalue weighted by Crippen LogP contribution is -2.14. The van der Waals surface area contributed by atoms with Crippen LogP contribution in [0.4, 0.5) is 5.69 Å². The molecule has 3 aromatic rings. The van der Waals surface area contributed by atoms with Crippen molar-refractivity contribution in [2.75, 3.05) is 6.61 Å². The van der Waals surface area contributed by atoms with Crippen molar-refractivity contribution in [3.63, 3.8) is 0 Å². The highest BCUT2D eigenvalue weighted by atomic mass is 16.6. The van der Waals surface area contributed by atoms with Crippen LogP contribution < -0.4 is 4.74 Å². The monoisotopic (exact) mass is 375 g/mol. The van der Waals surface area contributed by atoms with Gasteiger partial charge in [-0.25, -0.2) is 0 Å². The molecule has 0 bridgehead atoms. The zero-order valence-corrected chi connectivity index (χ0v) is 14.9. The van der Waals surface area contributed by atoms with Crippen molar-refractivity contribution in [2.24, 2.45) is 0 Å². The molecule has 2 aliphatic rings. The first-order chi connectivity index (χ1) is 13.7. The Hall–Kier alpha value is -3.55.